The van der Waals surface area contributed by atoms with Crippen LogP contribution in [0, 0.1) is 18.8 Å². The molecule has 4 nitrogen and oxygen atoms in total. The van der Waals surface area contributed by atoms with Gasteiger partial charge in [0.15, 0.2) is 0 Å². The lowest BCUT2D eigenvalue weighted by Gasteiger charge is -2.44. The molecule has 0 bridgehead atoms. The minimum atomic E-state index is -0.150. The second kappa shape index (κ2) is 7.81. The molecule has 2 fully saturated rings. The van der Waals surface area contributed by atoms with Crippen LogP contribution in [0.4, 0.5) is 0 Å². The van der Waals surface area contributed by atoms with E-state index in [1.54, 1.807) is 0 Å². The Bertz CT molecular complexity index is 927. The van der Waals surface area contributed by atoms with E-state index in [1.807, 2.05) is 6.20 Å². The number of aryl methyl sites for hydroxylation is 2. The number of hydrogen-bond acceptors (Lipinski definition) is 3. The Labute approximate surface area is 180 Å². The predicted octanol–water partition coefficient (Wildman–Crippen LogP) is 4.18. The fourth-order valence-corrected chi connectivity index (χ4v) is 6.17. The number of nitrogens with zero attached hydrogens (tertiary/aromatic N) is 2. The van der Waals surface area contributed by atoms with Crippen molar-refractivity contribution in [1.29, 1.82) is 0 Å². The molecule has 1 aliphatic carbocycles. The van der Waals surface area contributed by atoms with Gasteiger partial charge in [-0.05, 0) is 61.6 Å². The molecule has 1 amide bonds. The molecule has 0 radical (unpaired) electrons. The summed E-state index contributed by atoms with van der Waals surface area (Å²) in [7, 11) is 0. The second-order valence-corrected chi connectivity index (χ2v) is 9.80. The van der Waals surface area contributed by atoms with Crippen molar-refractivity contribution in [2.24, 2.45) is 11.8 Å². The molecule has 4 heteroatoms. The maximum atomic E-state index is 14.1. The smallest absolute Gasteiger partial charge is 0.228 e. The SMILES string of the molecule is Cc1cnc2c(c1)CCC[C@]21CNCC1C(=O)N1CC[C@@H](C)C[C@H]1c1ccccc1. The van der Waals surface area contributed by atoms with Gasteiger partial charge in [0.05, 0.1) is 17.7 Å². The molecule has 4 atom stereocenters. The van der Waals surface area contributed by atoms with E-state index < -0.39 is 0 Å². The van der Waals surface area contributed by atoms with Gasteiger partial charge in [-0.3, -0.25) is 9.78 Å². The first kappa shape index (κ1) is 19.7. The molecule has 1 aromatic heterocycles. The van der Waals surface area contributed by atoms with Crippen molar-refractivity contribution >= 4 is 5.91 Å². The molecule has 0 saturated carbocycles. The number of nitrogens with one attached hydrogen (secondary N) is 1. The minimum Gasteiger partial charge on any atom is -0.335 e. The second-order valence-electron chi connectivity index (χ2n) is 9.80. The molecule has 1 N–H and O–H groups in total. The average Bonchev–Trinajstić information content (AvgIpc) is 3.17. The van der Waals surface area contributed by atoms with Crippen LogP contribution in [0.3, 0.4) is 0 Å². The maximum absolute atomic E-state index is 14.1. The van der Waals surface area contributed by atoms with E-state index in [0.29, 0.717) is 11.8 Å². The summed E-state index contributed by atoms with van der Waals surface area (Å²) >= 11 is 0. The van der Waals surface area contributed by atoms with Gasteiger partial charge in [0.25, 0.3) is 0 Å². The number of amides is 1. The number of piperidine rings is 1. The average molecular weight is 404 g/mol. The van der Waals surface area contributed by atoms with Gasteiger partial charge in [-0.25, -0.2) is 0 Å². The first-order valence-corrected chi connectivity index (χ1v) is 11.6. The Morgan fingerprint density at radius 1 is 1.27 bits per heavy atom. The van der Waals surface area contributed by atoms with Crippen LogP contribution in [0.1, 0.15) is 61.0 Å². The van der Waals surface area contributed by atoms with E-state index in [0.717, 1.165) is 51.7 Å². The zero-order chi connectivity index (χ0) is 20.7. The number of rotatable bonds is 2. The molecule has 3 aliphatic rings. The van der Waals surface area contributed by atoms with Crippen molar-refractivity contribution in [3.8, 4) is 0 Å². The zero-order valence-electron chi connectivity index (χ0n) is 18.2. The van der Waals surface area contributed by atoms with Crippen molar-refractivity contribution in [1.82, 2.24) is 15.2 Å². The molecule has 1 unspecified atom stereocenters. The number of likely N-dealkylation sites (tertiary alicyclic amines) is 1. The van der Waals surface area contributed by atoms with E-state index in [1.165, 1.54) is 22.4 Å². The Hall–Kier alpha value is -2.20. The molecule has 158 valence electrons. The molecule has 1 aromatic carbocycles. The van der Waals surface area contributed by atoms with Gasteiger partial charge in [0.1, 0.15) is 0 Å². The summed E-state index contributed by atoms with van der Waals surface area (Å²) in [5, 5.41) is 3.58. The quantitative estimate of drug-likeness (QED) is 0.818. The molecular formula is C26H33N3O. The van der Waals surface area contributed by atoms with Crippen LogP contribution < -0.4 is 5.32 Å². The fourth-order valence-electron chi connectivity index (χ4n) is 6.17. The van der Waals surface area contributed by atoms with Crippen molar-refractivity contribution < 1.29 is 4.79 Å². The Kier molecular flexibility index (Phi) is 5.14. The van der Waals surface area contributed by atoms with Gasteiger partial charge in [-0.1, -0.05) is 43.3 Å². The molecule has 1 spiro atoms. The molecular weight excluding hydrogens is 370 g/mol. The van der Waals surface area contributed by atoms with Crippen LogP contribution in [-0.2, 0) is 16.6 Å². The zero-order valence-corrected chi connectivity index (χ0v) is 18.2. The van der Waals surface area contributed by atoms with Crippen LogP contribution in [0.2, 0.25) is 0 Å². The molecule has 2 aromatic rings. The third kappa shape index (κ3) is 3.26. The lowest BCUT2D eigenvalue weighted by molar-refractivity contribution is -0.141. The number of aromatic nitrogens is 1. The van der Waals surface area contributed by atoms with Gasteiger partial charge in [0.2, 0.25) is 5.91 Å². The topological polar surface area (TPSA) is 45.2 Å². The van der Waals surface area contributed by atoms with E-state index in [4.69, 9.17) is 4.98 Å². The van der Waals surface area contributed by atoms with Gasteiger partial charge in [-0.15, -0.1) is 0 Å². The summed E-state index contributed by atoms with van der Waals surface area (Å²) in [5.74, 6) is 0.956. The van der Waals surface area contributed by atoms with Crippen molar-refractivity contribution in [3.63, 3.8) is 0 Å². The third-order valence-corrected chi connectivity index (χ3v) is 7.73. The van der Waals surface area contributed by atoms with Crippen molar-refractivity contribution in [3.05, 3.63) is 65.0 Å². The van der Waals surface area contributed by atoms with Crippen LogP contribution >= 0.6 is 0 Å². The molecule has 3 heterocycles. The van der Waals surface area contributed by atoms with Crippen molar-refractivity contribution in [2.75, 3.05) is 19.6 Å². The molecule has 5 rings (SSSR count). The van der Waals surface area contributed by atoms with Crippen molar-refractivity contribution in [2.45, 2.75) is 57.4 Å². The highest BCUT2D eigenvalue weighted by molar-refractivity contribution is 5.82. The summed E-state index contributed by atoms with van der Waals surface area (Å²) < 4.78 is 0. The van der Waals surface area contributed by atoms with Gasteiger partial charge >= 0.3 is 0 Å². The Morgan fingerprint density at radius 3 is 2.93 bits per heavy atom. The number of hydrogen-bond donors (Lipinski definition) is 1. The predicted molar refractivity (Wildman–Crippen MR) is 119 cm³/mol. The first-order chi connectivity index (χ1) is 14.6. The summed E-state index contributed by atoms with van der Waals surface area (Å²) in [5.41, 5.74) is 4.88. The summed E-state index contributed by atoms with van der Waals surface area (Å²) in [6.45, 7) is 6.93. The van der Waals surface area contributed by atoms with Crippen LogP contribution in [0.5, 0.6) is 0 Å². The van der Waals surface area contributed by atoms with Crippen LogP contribution in [-0.4, -0.2) is 35.4 Å². The summed E-state index contributed by atoms with van der Waals surface area (Å²) in [6, 6.07) is 13.1. The summed E-state index contributed by atoms with van der Waals surface area (Å²) in [6.07, 6.45) is 7.41. The monoisotopic (exact) mass is 403 g/mol. The first-order valence-electron chi connectivity index (χ1n) is 11.6. The van der Waals surface area contributed by atoms with E-state index >= 15 is 0 Å². The largest absolute Gasteiger partial charge is 0.335 e. The van der Waals surface area contributed by atoms with Gasteiger partial charge in [-0.2, -0.15) is 0 Å². The fraction of sp³-hybridized carbons (Fsp3) is 0.538. The normalized spacial score (nSPS) is 31.0. The number of fused-ring (bicyclic) bond motifs is 2. The summed E-state index contributed by atoms with van der Waals surface area (Å²) in [4.78, 5) is 21.2. The van der Waals surface area contributed by atoms with Crippen LogP contribution in [0.15, 0.2) is 42.6 Å². The lowest BCUT2D eigenvalue weighted by atomic mass is 9.66. The third-order valence-electron chi connectivity index (χ3n) is 7.73. The molecule has 2 saturated heterocycles. The highest BCUT2D eigenvalue weighted by atomic mass is 16.2. The Morgan fingerprint density at radius 2 is 2.10 bits per heavy atom. The lowest BCUT2D eigenvalue weighted by Crippen LogP contribution is -2.50. The number of carbonyl (C=O) groups excluding carboxylic acids is 1. The van der Waals surface area contributed by atoms with E-state index in [9.17, 15) is 4.79 Å². The number of carbonyl (C=O) groups is 1. The maximum Gasteiger partial charge on any atom is 0.228 e. The van der Waals surface area contributed by atoms with E-state index in [-0.39, 0.29) is 17.4 Å². The molecule has 30 heavy (non-hydrogen) atoms. The minimum absolute atomic E-state index is 0.0219. The number of benzene rings is 1. The van der Waals surface area contributed by atoms with Crippen LogP contribution in [0.25, 0.3) is 0 Å². The van der Waals surface area contributed by atoms with Gasteiger partial charge < -0.3 is 10.2 Å². The van der Waals surface area contributed by atoms with Gasteiger partial charge in [0, 0.05) is 31.2 Å². The molecule has 2 aliphatic heterocycles. The highest BCUT2D eigenvalue weighted by Crippen LogP contribution is 2.46. The number of pyridine rings is 1. The van der Waals surface area contributed by atoms with E-state index in [2.05, 4.69) is 60.5 Å². The highest BCUT2D eigenvalue weighted by Gasteiger charge is 2.52. The Balaban J connectivity index is 1.50. The standard InChI is InChI=1S/C26H33N3O/c1-18-10-12-29(23(14-18)20-7-4-3-5-8-20)25(30)22-16-27-17-26(22)11-6-9-21-13-19(2)15-28-24(21)26/h3-5,7-8,13,15,18,22-23,27H,6,9-12,14,16-17H2,1-2H3/t18-,22?,23+,26-/m1/s1.